The molecule has 1 aliphatic rings. The minimum absolute atomic E-state index is 0.198. The van der Waals surface area contributed by atoms with Gasteiger partial charge in [-0.15, -0.1) is 0 Å². The highest BCUT2D eigenvalue weighted by molar-refractivity contribution is 6.30. The van der Waals surface area contributed by atoms with E-state index in [2.05, 4.69) is 5.32 Å². The molecule has 0 aliphatic carbocycles. The summed E-state index contributed by atoms with van der Waals surface area (Å²) in [5, 5.41) is 3.91. The number of aryl methyl sites for hydroxylation is 1. The molecular formula is C14H19ClN2O2. The van der Waals surface area contributed by atoms with Crippen molar-refractivity contribution in [1.82, 2.24) is 10.2 Å². The number of hydrogen-bond donors (Lipinski definition) is 1. The first-order chi connectivity index (χ1) is 9.20. The fraction of sp³-hybridized carbons (Fsp3) is 0.500. The van der Waals surface area contributed by atoms with Crippen LogP contribution in [-0.4, -0.2) is 44.1 Å². The molecular weight excluding hydrogens is 264 g/mol. The topological polar surface area (TPSA) is 41.6 Å². The van der Waals surface area contributed by atoms with E-state index in [-0.39, 0.29) is 5.91 Å². The third-order valence-electron chi connectivity index (χ3n) is 3.32. The molecule has 4 nitrogen and oxygen atoms in total. The monoisotopic (exact) mass is 282 g/mol. The number of nitrogens with one attached hydrogen (secondary N) is 1. The van der Waals surface area contributed by atoms with Crippen LogP contribution in [0.15, 0.2) is 18.2 Å². The zero-order valence-electron chi connectivity index (χ0n) is 11.1. The summed E-state index contributed by atoms with van der Waals surface area (Å²) in [6, 6.07) is 5.50. The van der Waals surface area contributed by atoms with E-state index in [0.29, 0.717) is 17.9 Å². The number of methoxy groups -OCH3 is 1. The predicted molar refractivity (Wildman–Crippen MR) is 75.8 cm³/mol. The Morgan fingerprint density at radius 2 is 2.16 bits per heavy atom. The van der Waals surface area contributed by atoms with Crippen LogP contribution in [0.4, 0.5) is 0 Å². The van der Waals surface area contributed by atoms with E-state index in [1.165, 1.54) is 0 Å². The molecule has 1 saturated heterocycles. The molecule has 0 spiro atoms. The summed E-state index contributed by atoms with van der Waals surface area (Å²) < 4.78 is 5.28. The fourth-order valence-corrected chi connectivity index (χ4v) is 2.45. The highest BCUT2D eigenvalue weighted by Crippen LogP contribution is 2.24. The van der Waals surface area contributed by atoms with Gasteiger partial charge in [0, 0.05) is 37.6 Å². The summed E-state index contributed by atoms with van der Waals surface area (Å²) in [4.78, 5) is 14.0. The van der Waals surface area contributed by atoms with Crippen molar-refractivity contribution in [2.24, 2.45) is 0 Å². The minimum Gasteiger partial charge on any atom is -0.496 e. The van der Waals surface area contributed by atoms with E-state index in [4.69, 9.17) is 16.3 Å². The van der Waals surface area contributed by atoms with Crippen LogP contribution >= 0.6 is 11.6 Å². The predicted octanol–water partition coefficient (Wildman–Crippen LogP) is 1.71. The van der Waals surface area contributed by atoms with Crippen LogP contribution < -0.4 is 10.1 Å². The molecule has 0 bridgehead atoms. The zero-order valence-corrected chi connectivity index (χ0v) is 11.9. The molecule has 0 radical (unpaired) electrons. The van der Waals surface area contributed by atoms with Gasteiger partial charge in [0.2, 0.25) is 5.91 Å². The lowest BCUT2D eigenvalue weighted by Gasteiger charge is -2.27. The Morgan fingerprint density at radius 3 is 2.84 bits per heavy atom. The van der Waals surface area contributed by atoms with Gasteiger partial charge in [-0.3, -0.25) is 4.79 Å². The average molecular weight is 283 g/mol. The molecule has 1 N–H and O–H groups in total. The molecule has 1 fully saturated rings. The summed E-state index contributed by atoms with van der Waals surface area (Å²) in [5.41, 5.74) is 0.985. The maximum atomic E-state index is 12.1. The van der Waals surface area contributed by atoms with E-state index in [1.54, 1.807) is 13.2 Å². The van der Waals surface area contributed by atoms with Crippen molar-refractivity contribution in [2.75, 3.05) is 33.3 Å². The summed E-state index contributed by atoms with van der Waals surface area (Å²) >= 11 is 5.98. The van der Waals surface area contributed by atoms with Gasteiger partial charge in [0.1, 0.15) is 5.75 Å². The number of ether oxygens (including phenoxy) is 1. The Kier molecular flexibility index (Phi) is 5.05. The number of nitrogens with zero attached hydrogens (tertiary/aromatic N) is 1. The Morgan fingerprint density at radius 1 is 1.42 bits per heavy atom. The minimum atomic E-state index is 0.198. The van der Waals surface area contributed by atoms with Crippen LogP contribution in [0.3, 0.4) is 0 Å². The first-order valence-corrected chi connectivity index (χ1v) is 6.89. The van der Waals surface area contributed by atoms with Crippen LogP contribution in [0.25, 0.3) is 0 Å². The molecule has 19 heavy (non-hydrogen) atoms. The van der Waals surface area contributed by atoms with E-state index in [9.17, 15) is 4.79 Å². The number of benzene rings is 1. The number of amides is 1. The molecule has 1 aliphatic heterocycles. The van der Waals surface area contributed by atoms with Crippen molar-refractivity contribution < 1.29 is 9.53 Å². The molecule has 0 unspecified atom stereocenters. The van der Waals surface area contributed by atoms with E-state index >= 15 is 0 Å². The van der Waals surface area contributed by atoms with Crippen molar-refractivity contribution in [1.29, 1.82) is 0 Å². The van der Waals surface area contributed by atoms with Gasteiger partial charge in [0.05, 0.1) is 7.11 Å². The summed E-state index contributed by atoms with van der Waals surface area (Å²) in [6.07, 6.45) is 1.16. The van der Waals surface area contributed by atoms with Crippen LogP contribution in [0.2, 0.25) is 5.02 Å². The van der Waals surface area contributed by atoms with Crippen LogP contribution in [0, 0.1) is 0 Å². The highest BCUT2D eigenvalue weighted by atomic mass is 35.5. The number of carbonyl (C=O) groups is 1. The summed E-state index contributed by atoms with van der Waals surface area (Å²) in [7, 11) is 1.63. The summed E-state index contributed by atoms with van der Waals surface area (Å²) in [6.45, 7) is 3.36. The SMILES string of the molecule is COc1ccc(Cl)cc1CCC(=O)N1CCNCC1. The fourth-order valence-electron chi connectivity index (χ4n) is 2.26. The molecule has 2 rings (SSSR count). The van der Waals surface area contributed by atoms with Gasteiger partial charge in [0.15, 0.2) is 0 Å². The maximum Gasteiger partial charge on any atom is 0.222 e. The average Bonchev–Trinajstić information content (AvgIpc) is 2.46. The van der Waals surface area contributed by atoms with Crippen LogP contribution in [-0.2, 0) is 11.2 Å². The van der Waals surface area contributed by atoms with E-state index < -0.39 is 0 Å². The molecule has 0 aromatic heterocycles. The van der Waals surface area contributed by atoms with Crippen molar-refractivity contribution in [3.63, 3.8) is 0 Å². The maximum absolute atomic E-state index is 12.1. The third kappa shape index (κ3) is 3.85. The van der Waals surface area contributed by atoms with Gasteiger partial charge < -0.3 is 15.0 Å². The number of hydrogen-bond acceptors (Lipinski definition) is 3. The highest BCUT2D eigenvalue weighted by Gasteiger charge is 2.16. The Balaban J connectivity index is 1.94. The zero-order chi connectivity index (χ0) is 13.7. The quantitative estimate of drug-likeness (QED) is 0.914. The lowest BCUT2D eigenvalue weighted by molar-refractivity contribution is -0.131. The largest absolute Gasteiger partial charge is 0.496 e. The Hall–Kier alpha value is -1.26. The molecule has 1 amide bonds. The van der Waals surface area contributed by atoms with Crippen molar-refractivity contribution >= 4 is 17.5 Å². The van der Waals surface area contributed by atoms with Crippen LogP contribution in [0.5, 0.6) is 5.75 Å². The second-order valence-electron chi connectivity index (χ2n) is 4.59. The second-order valence-corrected chi connectivity index (χ2v) is 5.02. The third-order valence-corrected chi connectivity index (χ3v) is 3.56. The Bertz CT molecular complexity index is 445. The molecule has 0 saturated carbocycles. The summed E-state index contributed by atoms with van der Waals surface area (Å²) in [5.74, 6) is 0.987. The number of rotatable bonds is 4. The molecule has 1 heterocycles. The van der Waals surface area contributed by atoms with Crippen molar-refractivity contribution in [3.05, 3.63) is 28.8 Å². The molecule has 1 aromatic rings. The lowest BCUT2D eigenvalue weighted by atomic mass is 10.1. The lowest BCUT2D eigenvalue weighted by Crippen LogP contribution is -2.46. The first kappa shape index (κ1) is 14.2. The number of piperazine rings is 1. The van der Waals surface area contributed by atoms with Crippen molar-refractivity contribution in [3.8, 4) is 5.75 Å². The van der Waals surface area contributed by atoms with Gasteiger partial charge in [-0.1, -0.05) is 11.6 Å². The van der Waals surface area contributed by atoms with Gasteiger partial charge in [0.25, 0.3) is 0 Å². The molecule has 5 heteroatoms. The van der Waals surface area contributed by atoms with E-state index in [0.717, 1.165) is 37.5 Å². The number of carbonyl (C=O) groups excluding carboxylic acids is 1. The van der Waals surface area contributed by atoms with Gasteiger partial charge >= 0.3 is 0 Å². The van der Waals surface area contributed by atoms with Crippen molar-refractivity contribution in [2.45, 2.75) is 12.8 Å². The van der Waals surface area contributed by atoms with Gasteiger partial charge in [-0.2, -0.15) is 0 Å². The normalized spacial score (nSPS) is 15.4. The smallest absolute Gasteiger partial charge is 0.222 e. The van der Waals surface area contributed by atoms with Gasteiger partial charge in [-0.05, 0) is 30.2 Å². The molecule has 104 valence electrons. The second kappa shape index (κ2) is 6.78. The molecule has 1 aromatic carbocycles. The van der Waals surface area contributed by atoms with Crippen LogP contribution in [0.1, 0.15) is 12.0 Å². The number of halogens is 1. The first-order valence-electron chi connectivity index (χ1n) is 6.51. The standard InChI is InChI=1S/C14H19ClN2O2/c1-19-13-4-3-12(15)10-11(13)2-5-14(18)17-8-6-16-7-9-17/h3-4,10,16H,2,5-9H2,1H3. The molecule has 0 atom stereocenters. The van der Waals surface area contributed by atoms with E-state index in [1.807, 2.05) is 17.0 Å². The Labute approximate surface area is 118 Å². The van der Waals surface area contributed by atoms with Gasteiger partial charge in [-0.25, -0.2) is 0 Å².